The van der Waals surface area contributed by atoms with Gasteiger partial charge in [0.1, 0.15) is 12.4 Å². The molecule has 1 heterocycles. The van der Waals surface area contributed by atoms with Crippen LogP contribution in [0.2, 0.25) is 0 Å². The molecule has 0 fully saturated rings. The van der Waals surface area contributed by atoms with E-state index in [1.54, 1.807) is 24.3 Å². The van der Waals surface area contributed by atoms with Crippen molar-refractivity contribution in [2.45, 2.75) is 25.9 Å². The summed E-state index contributed by atoms with van der Waals surface area (Å²) in [6.07, 6.45) is 0. The first kappa shape index (κ1) is 16.8. The predicted octanol–water partition coefficient (Wildman–Crippen LogP) is 3.08. The number of nitrogens with one attached hydrogen (secondary N) is 3. The average Bonchev–Trinajstić information content (AvgIpc) is 2.97. The first-order valence-electron chi connectivity index (χ1n) is 8.23. The van der Waals surface area contributed by atoms with E-state index in [1.165, 1.54) is 0 Å². The van der Waals surface area contributed by atoms with Crippen molar-refractivity contribution < 1.29 is 14.3 Å². The van der Waals surface area contributed by atoms with Crippen LogP contribution in [0.15, 0.2) is 48.5 Å². The van der Waals surface area contributed by atoms with Crippen LogP contribution >= 0.6 is 0 Å². The molecule has 0 saturated heterocycles. The lowest BCUT2D eigenvalue weighted by Crippen LogP contribution is -2.34. The third kappa shape index (κ3) is 4.09. The zero-order valence-electron chi connectivity index (χ0n) is 14.2. The Morgan fingerprint density at radius 3 is 2.72 bits per heavy atom. The van der Waals surface area contributed by atoms with Gasteiger partial charge in [0.05, 0.1) is 6.04 Å². The minimum atomic E-state index is -0.300. The topological polar surface area (TPSA) is 79.5 Å². The molecule has 3 N–H and O–H groups in total. The van der Waals surface area contributed by atoms with Gasteiger partial charge in [0.15, 0.2) is 0 Å². The summed E-state index contributed by atoms with van der Waals surface area (Å²) in [7, 11) is 0. The van der Waals surface area contributed by atoms with Crippen molar-refractivity contribution in [1.82, 2.24) is 10.6 Å². The van der Waals surface area contributed by atoms with E-state index in [0.717, 1.165) is 11.3 Å². The highest BCUT2D eigenvalue weighted by Crippen LogP contribution is 2.31. The Labute approximate surface area is 146 Å². The zero-order valence-corrected chi connectivity index (χ0v) is 14.2. The van der Waals surface area contributed by atoms with Gasteiger partial charge in [0.25, 0.3) is 5.91 Å². The highest BCUT2D eigenvalue weighted by molar-refractivity contribution is 5.97. The third-order valence-electron chi connectivity index (χ3n) is 3.81. The monoisotopic (exact) mass is 339 g/mol. The van der Waals surface area contributed by atoms with Crippen molar-refractivity contribution in [3.05, 3.63) is 59.7 Å². The molecule has 2 aromatic carbocycles. The van der Waals surface area contributed by atoms with Gasteiger partial charge in [-0.15, -0.1) is 0 Å². The third-order valence-corrected chi connectivity index (χ3v) is 3.81. The molecular weight excluding hydrogens is 318 g/mol. The first-order valence-corrected chi connectivity index (χ1v) is 8.23. The molecular formula is C19H21N3O3. The van der Waals surface area contributed by atoms with E-state index in [4.69, 9.17) is 4.74 Å². The predicted molar refractivity (Wildman–Crippen MR) is 95.9 cm³/mol. The number of fused-ring (bicyclic) bond motifs is 1. The largest absolute Gasteiger partial charge is 0.491 e. The standard InChI is InChI=1S/C19H21N3O3/c1-12(2)20-19(24)21-14-7-5-6-13(10-14)18(23)22-16-11-25-17-9-4-3-8-15(16)17/h3-10,12,16H,11H2,1-2H3,(H,22,23)(H2,20,21,24). The lowest BCUT2D eigenvalue weighted by Gasteiger charge is -2.13. The number of carbonyl (C=O) groups is 2. The van der Waals surface area contributed by atoms with Crippen LogP contribution in [0.3, 0.4) is 0 Å². The number of amides is 3. The van der Waals surface area contributed by atoms with Gasteiger partial charge in [0, 0.05) is 22.9 Å². The number of carbonyl (C=O) groups excluding carboxylic acids is 2. The minimum absolute atomic E-state index is 0.0360. The van der Waals surface area contributed by atoms with E-state index >= 15 is 0 Å². The van der Waals surface area contributed by atoms with Crippen molar-refractivity contribution >= 4 is 17.6 Å². The summed E-state index contributed by atoms with van der Waals surface area (Å²) in [5, 5.41) is 8.44. The van der Waals surface area contributed by atoms with Crippen LogP contribution in [0.5, 0.6) is 5.75 Å². The minimum Gasteiger partial charge on any atom is -0.491 e. The number of rotatable bonds is 4. The zero-order chi connectivity index (χ0) is 17.8. The Hall–Kier alpha value is -3.02. The summed E-state index contributed by atoms with van der Waals surface area (Å²) >= 11 is 0. The van der Waals surface area contributed by atoms with Gasteiger partial charge in [-0.2, -0.15) is 0 Å². The maximum atomic E-state index is 12.5. The Morgan fingerprint density at radius 2 is 1.92 bits per heavy atom. The highest BCUT2D eigenvalue weighted by atomic mass is 16.5. The molecule has 0 spiro atoms. The van der Waals surface area contributed by atoms with Crippen LogP contribution in [-0.2, 0) is 0 Å². The number of urea groups is 1. The number of benzene rings is 2. The maximum Gasteiger partial charge on any atom is 0.319 e. The smallest absolute Gasteiger partial charge is 0.319 e. The number of ether oxygens (including phenoxy) is 1. The molecule has 1 unspecified atom stereocenters. The summed E-state index contributed by atoms with van der Waals surface area (Å²) in [4.78, 5) is 24.3. The number of hydrogen-bond acceptors (Lipinski definition) is 3. The second-order valence-electron chi connectivity index (χ2n) is 6.21. The molecule has 1 atom stereocenters. The van der Waals surface area contributed by atoms with Gasteiger partial charge in [-0.25, -0.2) is 4.79 Å². The fourth-order valence-corrected chi connectivity index (χ4v) is 2.69. The van der Waals surface area contributed by atoms with Crippen LogP contribution in [0.4, 0.5) is 10.5 Å². The summed E-state index contributed by atoms with van der Waals surface area (Å²) < 4.78 is 5.58. The molecule has 0 aromatic heterocycles. The second-order valence-corrected chi connectivity index (χ2v) is 6.21. The SMILES string of the molecule is CC(C)NC(=O)Nc1cccc(C(=O)NC2COc3ccccc32)c1. The van der Waals surface area contributed by atoms with E-state index in [2.05, 4.69) is 16.0 Å². The fraction of sp³-hybridized carbons (Fsp3) is 0.263. The van der Waals surface area contributed by atoms with E-state index in [0.29, 0.717) is 17.9 Å². The van der Waals surface area contributed by atoms with Gasteiger partial charge in [-0.1, -0.05) is 24.3 Å². The molecule has 1 aliphatic rings. The molecule has 1 aliphatic heterocycles. The van der Waals surface area contributed by atoms with Crippen LogP contribution in [0.1, 0.15) is 35.8 Å². The van der Waals surface area contributed by atoms with E-state index < -0.39 is 0 Å². The summed E-state index contributed by atoms with van der Waals surface area (Å²) in [5.74, 6) is 0.590. The van der Waals surface area contributed by atoms with Gasteiger partial charge in [-0.3, -0.25) is 4.79 Å². The summed E-state index contributed by atoms with van der Waals surface area (Å²) in [6, 6.07) is 14.1. The quantitative estimate of drug-likeness (QED) is 0.801. The molecule has 130 valence electrons. The summed E-state index contributed by atoms with van der Waals surface area (Å²) in [6.45, 7) is 4.18. The Bertz CT molecular complexity index is 789. The molecule has 25 heavy (non-hydrogen) atoms. The van der Waals surface area contributed by atoms with E-state index in [9.17, 15) is 9.59 Å². The highest BCUT2D eigenvalue weighted by Gasteiger charge is 2.25. The Morgan fingerprint density at radius 1 is 1.12 bits per heavy atom. The number of hydrogen-bond donors (Lipinski definition) is 3. The molecule has 0 saturated carbocycles. The molecule has 2 aromatic rings. The van der Waals surface area contributed by atoms with Crippen molar-refractivity contribution in [3.8, 4) is 5.75 Å². The molecule has 0 aliphatic carbocycles. The van der Waals surface area contributed by atoms with Gasteiger partial charge >= 0.3 is 6.03 Å². The van der Waals surface area contributed by atoms with Crippen LogP contribution in [0.25, 0.3) is 0 Å². The van der Waals surface area contributed by atoms with Crippen molar-refractivity contribution in [3.63, 3.8) is 0 Å². The first-order chi connectivity index (χ1) is 12.0. The normalized spacial score (nSPS) is 15.2. The number of anilines is 1. The average molecular weight is 339 g/mol. The maximum absolute atomic E-state index is 12.5. The molecule has 6 heteroatoms. The Balaban J connectivity index is 1.67. The van der Waals surface area contributed by atoms with Crippen molar-refractivity contribution in [2.24, 2.45) is 0 Å². The van der Waals surface area contributed by atoms with E-state index in [1.807, 2.05) is 38.1 Å². The Kier molecular flexibility index (Phi) is 4.88. The van der Waals surface area contributed by atoms with Gasteiger partial charge in [0.2, 0.25) is 0 Å². The van der Waals surface area contributed by atoms with Crippen LogP contribution < -0.4 is 20.7 Å². The number of para-hydroxylation sites is 1. The lowest BCUT2D eigenvalue weighted by molar-refractivity contribution is 0.0930. The van der Waals surface area contributed by atoms with Crippen molar-refractivity contribution in [1.29, 1.82) is 0 Å². The molecule has 3 rings (SSSR count). The fourth-order valence-electron chi connectivity index (χ4n) is 2.69. The van der Waals surface area contributed by atoms with Crippen LogP contribution in [-0.4, -0.2) is 24.6 Å². The van der Waals surface area contributed by atoms with Gasteiger partial charge < -0.3 is 20.7 Å². The van der Waals surface area contributed by atoms with E-state index in [-0.39, 0.29) is 24.0 Å². The van der Waals surface area contributed by atoms with Crippen LogP contribution in [0, 0.1) is 0 Å². The van der Waals surface area contributed by atoms with Crippen molar-refractivity contribution in [2.75, 3.05) is 11.9 Å². The molecule has 0 radical (unpaired) electrons. The molecule has 0 bridgehead atoms. The molecule has 3 amide bonds. The molecule has 6 nitrogen and oxygen atoms in total. The summed E-state index contributed by atoms with van der Waals surface area (Å²) in [5.41, 5.74) is 2.02. The second kappa shape index (κ2) is 7.25. The van der Waals surface area contributed by atoms with Gasteiger partial charge in [-0.05, 0) is 38.1 Å². The lowest BCUT2D eigenvalue weighted by atomic mass is 10.1.